The van der Waals surface area contributed by atoms with Gasteiger partial charge in [0.25, 0.3) is 0 Å². The standard InChI is InChI=1S/C15H22O/c1-12-8-10-14(11-9-12)15(2,16)13-6-4-3-5-7-13/h8-11,13,16H,3-7H2,1-2H3/t15-/m1/s1. The topological polar surface area (TPSA) is 20.2 Å². The van der Waals surface area contributed by atoms with Crippen molar-refractivity contribution in [3.05, 3.63) is 35.4 Å². The number of hydrogen-bond donors (Lipinski definition) is 1. The van der Waals surface area contributed by atoms with Gasteiger partial charge < -0.3 is 5.11 Å². The first kappa shape index (κ1) is 11.7. The van der Waals surface area contributed by atoms with Crippen LogP contribution in [0.1, 0.15) is 50.2 Å². The minimum absolute atomic E-state index is 0.434. The van der Waals surface area contributed by atoms with E-state index in [1.165, 1.54) is 37.7 Å². The van der Waals surface area contributed by atoms with Crippen LogP contribution in [-0.2, 0) is 5.60 Å². The van der Waals surface area contributed by atoms with Gasteiger partial charge in [-0.15, -0.1) is 0 Å². The Kier molecular flexibility index (Phi) is 3.34. The van der Waals surface area contributed by atoms with E-state index in [0.717, 1.165) is 5.56 Å². The monoisotopic (exact) mass is 218 g/mol. The van der Waals surface area contributed by atoms with Crippen molar-refractivity contribution in [2.45, 2.75) is 51.6 Å². The minimum Gasteiger partial charge on any atom is -0.385 e. The Morgan fingerprint density at radius 1 is 1.06 bits per heavy atom. The zero-order valence-electron chi connectivity index (χ0n) is 10.4. The lowest BCUT2D eigenvalue weighted by atomic mass is 9.74. The van der Waals surface area contributed by atoms with Crippen molar-refractivity contribution < 1.29 is 5.11 Å². The molecule has 0 saturated heterocycles. The summed E-state index contributed by atoms with van der Waals surface area (Å²) in [5.74, 6) is 0.434. The van der Waals surface area contributed by atoms with Crippen LogP contribution >= 0.6 is 0 Å². The molecule has 1 N–H and O–H groups in total. The maximum absolute atomic E-state index is 10.7. The van der Waals surface area contributed by atoms with E-state index in [1.807, 2.05) is 6.92 Å². The number of benzene rings is 1. The molecule has 88 valence electrons. The highest BCUT2D eigenvalue weighted by atomic mass is 16.3. The minimum atomic E-state index is -0.645. The van der Waals surface area contributed by atoms with Crippen LogP contribution in [0.25, 0.3) is 0 Å². The van der Waals surface area contributed by atoms with Crippen LogP contribution in [0.15, 0.2) is 24.3 Å². The normalized spacial score (nSPS) is 21.7. The van der Waals surface area contributed by atoms with Crippen molar-refractivity contribution in [1.29, 1.82) is 0 Å². The molecule has 0 unspecified atom stereocenters. The summed E-state index contributed by atoms with van der Waals surface area (Å²) in [5.41, 5.74) is 1.68. The van der Waals surface area contributed by atoms with E-state index in [0.29, 0.717) is 5.92 Å². The summed E-state index contributed by atoms with van der Waals surface area (Å²) in [6.07, 6.45) is 6.21. The van der Waals surface area contributed by atoms with Crippen LogP contribution in [0.2, 0.25) is 0 Å². The maximum Gasteiger partial charge on any atom is 0.0896 e. The van der Waals surface area contributed by atoms with Gasteiger partial charge in [0.15, 0.2) is 0 Å². The first-order valence-corrected chi connectivity index (χ1v) is 6.40. The molecule has 1 nitrogen and oxygen atoms in total. The average Bonchev–Trinajstić information content (AvgIpc) is 2.31. The Labute approximate surface area is 98.5 Å². The van der Waals surface area contributed by atoms with Gasteiger partial charge in [-0.3, -0.25) is 0 Å². The van der Waals surface area contributed by atoms with E-state index in [9.17, 15) is 5.11 Å². The SMILES string of the molecule is Cc1ccc([C@](C)(O)C2CCCCC2)cc1. The van der Waals surface area contributed by atoms with Gasteiger partial charge in [0, 0.05) is 0 Å². The molecule has 0 aromatic heterocycles. The first-order chi connectivity index (χ1) is 7.60. The van der Waals surface area contributed by atoms with Crippen LogP contribution in [-0.4, -0.2) is 5.11 Å². The van der Waals surface area contributed by atoms with Crippen molar-refractivity contribution in [3.63, 3.8) is 0 Å². The molecule has 0 amide bonds. The lowest BCUT2D eigenvalue weighted by Gasteiger charge is -2.36. The molecule has 0 spiro atoms. The van der Waals surface area contributed by atoms with E-state index < -0.39 is 5.60 Å². The van der Waals surface area contributed by atoms with Gasteiger partial charge >= 0.3 is 0 Å². The number of aryl methyl sites for hydroxylation is 1. The van der Waals surface area contributed by atoms with Gasteiger partial charge in [-0.1, -0.05) is 49.1 Å². The molecule has 0 bridgehead atoms. The summed E-state index contributed by atoms with van der Waals surface area (Å²) in [6.45, 7) is 4.06. The Bertz CT molecular complexity index is 331. The maximum atomic E-state index is 10.7. The van der Waals surface area contributed by atoms with Crippen molar-refractivity contribution in [2.75, 3.05) is 0 Å². The molecule has 0 radical (unpaired) electrons. The summed E-state index contributed by atoms with van der Waals surface area (Å²) in [7, 11) is 0. The van der Waals surface area contributed by atoms with E-state index in [1.54, 1.807) is 0 Å². The Morgan fingerprint density at radius 2 is 1.62 bits per heavy atom. The summed E-state index contributed by atoms with van der Waals surface area (Å²) in [6, 6.07) is 8.33. The highest BCUT2D eigenvalue weighted by Gasteiger charge is 2.34. The molecular formula is C15H22O. The van der Waals surface area contributed by atoms with Crippen molar-refractivity contribution >= 4 is 0 Å². The van der Waals surface area contributed by atoms with Crippen molar-refractivity contribution in [1.82, 2.24) is 0 Å². The zero-order chi connectivity index (χ0) is 11.6. The number of aliphatic hydroxyl groups is 1. The molecule has 0 aliphatic heterocycles. The summed E-state index contributed by atoms with van der Waals surface area (Å²) < 4.78 is 0. The fraction of sp³-hybridized carbons (Fsp3) is 0.600. The lowest BCUT2D eigenvalue weighted by Crippen LogP contribution is -2.33. The fourth-order valence-corrected chi connectivity index (χ4v) is 2.79. The molecule has 1 aliphatic carbocycles. The fourth-order valence-electron chi connectivity index (χ4n) is 2.79. The van der Waals surface area contributed by atoms with Crippen molar-refractivity contribution in [3.8, 4) is 0 Å². The third-order valence-electron chi connectivity index (χ3n) is 4.04. The van der Waals surface area contributed by atoms with Gasteiger partial charge in [0.1, 0.15) is 0 Å². The highest BCUT2D eigenvalue weighted by molar-refractivity contribution is 5.26. The quantitative estimate of drug-likeness (QED) is 0.801. The van der Waals surface area contributed by atoms with E-state index in [2.05, 4.69) is 31.2 Å². The molecule has 1 aromatic carbocycles. The molecule has 1 saturated carbocycles. The molecule has 1 atom stereocenters. The lowest BCUT2D eigenvalue weighted by molar-refractivity contribution is -0.0215. The van der Waals surface area contributed by atoms with Crippen molar-refractivity contribution in [2.24, 2.45) is 5.92 Å². The first-order valence-electron chi connectivity index (χ1n) is 6.40. The van der Waals surface area contributed by atoms with Crippen LogP contribution < -0.4 is 0 Å². The van der Waals surface area contributed by atoms with Crippen LogP contribution in [0.3, 0.4) is 0 Å². The third kappa shape index (κ3) is 2.30. The Morgan fingerprint density at radius 3 is 2.19 bits per heavy atom. The molecular weight excluding hydrogens is 196 g/mol. The summed E-state index contributed by atoms with van der Waals surface area (Å²) >= 11 is 0. The predicted octanol–water partition coefficient (Wildman–Crippen LogP) is 3.78. The molecule has 1 fully saturated rings. The van der Waals surface area contributed by atoms with Crippen LogP contribution in [0.4, 0.5) is 0 Å². The zero-order valence-corrected chi connectivity index (χ0v) is 10.4. The second kappa shape index (κ2) is 4.58. The largest absolute Gasteiger partial charge is 0.385 e. The summed E-state index contributed by atoms with van der Waals surface area (Å²) in [4.78, 5) is 0. The molecule has 0 heterocycles. The van der Waals surface area contributed by atoms with Gasteiger partial charge in [-0.05, 0) is 38.2 Å². The van der Waals surface area contributed by atoms with Crippen LogP contribution in [0, 0.1) is 12.8 Å². The molecule has 1 aliphatic rings. The molecule has 1 aromatic rings. The highest BCUT2D eigenvalue weighted by Crippen LogP contribution is 2.38. The van der Waals surface area contributed by atoms with Gasteiger partial charge in [0.05, 0.1) is 5.60 Å². The summed E-state index contributed by atoms with van der Waals surface area (Å²) in [5, 5.41) is 10.7. The third-order valence-corrected chi connectivity index (χ3v) is 4.04. The molecule has 16 heavy (non-hydrogen) atoms. The van der Waals surface area contributed by atoms with E-state index in [4.69, 9.17) is 0 Å². The van der Waals surface area contributed by atoms with Gasteiger partial charge in [0.2, 0.25) is 0 Å². The molecule has 1 heteroatoms. The van der Waals surface area contributed by atoms with E-state index in [-0.39, 0.29) is 0 Å². The second-order valence-electron chi connectivity index (χ2n) is 5.35. The average molecular weight is 218 g/mol. The van der Waals surface area contributed by atoms with Gasteiger partial charge in [-0.25, -0.2) is 0 Å². The Balaban J connectivity index is 2.19. The molecule has 2 rings (SSSR count). The Hall–Kier alpha value is -0.820. The number of rotatable bonds is 2. The predicted molar refractivity (Wildman–Crippen MR) is 67.3 cm³/mol. The smallest absolute Gasteiger partial charge is 0.0896 e. The number of hydrogen-bond acceptors (Lipinski definition) is 1. The van der Waals surface area contributed by atoms with Gasteiger partial charge in [-0.2, -0.15) is 0 Å². The van der Waals surface area contributed by atoms with Crippen LogP contribution in [0.5, 0.6) is 0 Å². The van der Waals surface area contributed by atoms with E-state index >= 15 is 0 Å². The second-order valence-corrected chi connectivity index (χ2v) is 5.35.